The fraction of sp³-hybridized carbons (Fsp3) is 0.200. The van der Waals surface area contributed by atoms with E-state index in [1.54, 1.807) is 0 Å². The lowest BCUT2D eigenvalue weighted by Gasteiger charge is -2.29. The Balaban J connectivity index is 1.43. The van der Waals surface area contributed by atoms with Crippen LogP contribution in [-0.2, 0) is 4.74 Å². The summed E-state index contributed by atoms with van der Waals surface area (Å²) in [6, 6.07) is 19.6. The molecule has 0 aromatic heterocycles. The van der Waals surface area contributed by atoms with E-state index < -0.39 is 0 Å². The van der Waals surface area contributed by atoms with E-state index in [2.05, 4.69) is 0 Å². The van der Waals surface area contributed by atoms with Crippen LogP contribution in [0.4, 0.5) is 0 Å². The van der Waals surface area contributed by atoms with Gasteiger partial charge in [0.1, 0.15) is 34.5 Å². The molecule has 0 heterocycles. The highest BCUT2D eigenvalue weighted by Crippen LogP contribution is 2.38. The highest BCUT2D eigenvalue weighted by Gasteiger charge is 2.28. The van der Waals surface area contributed by atoms with E-state index in [-0.39, 0.29) is 0 Å². The van der Waals surface area contributed by atoms with Gasteiger partial charge in [-0.05, 0) is 24.3 Å². The van der Waals surface area contributed by atoms with Crippen LogP contribution < -0.4 is 9.47 Å². The Labute approximate surface area is 135 Å². The Morgan fingerprint density at radius 1 is 0.435 bits per heavy atom. The summed E-state index contributed by atoms with van der Waals surface area (Å²) in [7, 11) is 0. The Hall–Kier alpha value is -2.68. The van der Waals surface area contributed by atoms with Gasteiger partial charge in [0.2, 0.25) is 0 Å². The van der Waals surface area contributed by atoms with E-state index in [1.165, 1.54) is 0 Å². The summed E-state index contributed by atoms with van der Waals surface area (Å²) in [5.74, 6) is 5.41. The summed E-state index contributed by atoms with van der Waals surface area (Å²) in [6.07, 6.45) is 3.69. The zero-order chi connectivity index (χ0) is 15.5. The predicted molar refractivity (Wildman–Crippen MR) is 87.7 cm³/mol. The Morgan fingerprint density at radius 3 is 1.13 bits per heavy atom. The quantitative estimate of drug-likeness (QED) is 0.736. The maximum atomic E-state index is 6.00. The number of benzene rings is 2. The van der Waals surface area contributed by atoms with Crippen molar-refractivity contribution in [3.63, 3.8) is 0 Å². The average Bonchev–Trinajstić information content (AvgIpc) is 2.58. The van der Waals surface area contributed by atoms with Gasteiger partial charge >= 0.3 is 0 Å². The molecule has 0 atom stereocenters. The molecule has 0 N–H and O–H groups in total. The number of para-hydroxylation sites is 2. The van der Waals surface area contributed by atoms with Crippen molar-refractivity contribution in [2.24, 2.45) is 0 Å². The van der Waals surface area contributed by atoms with E-state index in [0.29, 0.717) is 0 Å². The van der Waals surface area contributed by atoms with Gasteiger partial charge in [0, 0.05) is 25.7 Å². The average molecular weight is 306 g/mol. The first-order chi connectivity index (χ1) is 11.4. The van der Waals surface area contributed by atoms with Gasteiger partial charge < -0.3 is 14.2 Å². The lowest BCUT2D eigenvalue weighted by Crippen LogP contribution is -2.18. The van der Waals surface area contributed by atoms with E-state index in [0.717, 1.165) is 60.2 Å². The summed E-state index contributed by atoms with van der Waals surface area (Å²) in [6.45, 7) is 0. The first kappa shape index (κ1) is 13.9. The molecule has 0 spiro atoms. The third-order valence-electron chi connectivity index (χ3n) is 4.00. The maximum absolute atomic E-state index is 6.00. The number of rotatable bonds is 6. The van der Waals surface area contributed by atoms with Gasteiger partial charge in [0.15, 0.2) is 0 Å². The van der Waals surface area contributed by atoms with Crippen molar-refractivity contribution in [3.8, 4) is 11.5 Å². The van der Waals surface area contributed by atoms with Crippen molar-refractivity contribution >= 4 is 0 Å². The van der Waals surface area contributed by atoms with Crippen LogP contribution in [0.15, 0.2) is 83.7 Å². The van der Waals surface area contributed by atoms with Crippen molar-refractivity contribution in [1.82, 2.24) is 0 Å². The van der Waals surface area contributed by atoms with Gasteiger partial charge in [-0.1, -0.05) is 36.4 Å². The summed E-state index contributed by atoms with van der Waals surface area (Å²) < 4.78 is 17.8. The third-order valence-corrected chi connectivity index (χ3v) is 4.00. The maximum Gasteiger partial charge on any atom is 0.143 e. The standard InChI is InChI=1S/C20H18O3/c1-3-7-15(8-4-1)21-17-11-13-19(17)23-20-14-12-18(20)22-16-9-5-2-6-10-16/h1-10H,11-14H2. The summed E-state index contributed by atoms with van der Waals surface area (Å²) >= 11 is 0. The smallest absolute Gasteiger partial charge is 0.143 e. The van der Waals surface area contributed by atoms with Gasteiger partial charge in [0.25, 0.3) is 0 Å². The van der Waals surface area contributed by atoms with Crippen LogP contribution in [0, 0.1) is 0 Å². The highest BCUT2D eigenvalue weighted by atomic mass is 16.5. The van der Waals surface area contributed by atoms with Crippen molar-refractivity contribution in [2.45, 2.75) is 25.7 Å². The largest absolute Gasteiger partial charge is 0.459 e. The molecule has 4 rings (SSSR count). The van der Waals surface area contributed by atoms with E-state index >= 15 is 0 Å². The van der Waals surface area contributed by atoms with Gasteiger partial charge in [0.05, 0.1) is 0 Å². The fourth-order valence-corrected chi connectivity index (χ4v) is 2.50. The lowest BCUT2D eigenvalue weighted by atomic mass is 10.0. The monoisotopic (exact) mass is 306 g/mol. The molecule has 0 fully saturated rings. The Kier molecular flexibility index (Phi) is 3.76. The summed E-state index contributed by atoms with van der Waals surface area (Å²) in [5, 5.41) is 0. The molecule has 3 nitrogen and oxygen atoms in total. The lowest BCUT2D eigenvalue weighted by molar-refractivity contribution is 0.172. The third kappa shape index (κ3) is 3.09. The molecule has 0 aliphatic heterocycles. The van der Waals surface area contributed by atoms with Crippen LogP contribution in [0.25, 0.3) is 0 Å². The van der Waals surface area contributed by atoms with E-state index in [9.17, 15) is 0 Å². The van der Waals surface area contributed by atoms with Crippen LogP contribution in [0.1, 0.15) is 25.7 Å². The molecule has 0 radical (unpaired) electrons. The number of allylic oxidation sites excluding steroid dienone is 4. The van der Waals surface area contributed by atoms with Crippen molar-refractivity contribution in [2.75, 3.05) is 0 Å². The van der Waals surface area contributed by atoms with Gasteiger partial charge in [-0.25, -0.2) is 0 Å². The molecule has 0 saturated carbocycles. The van der Waals surface area contributed by atoms with Crippen LogP contribution in [0.5, 0.6) is 11.5 Å². The molecule has 2 aliphatic carbocycles. The van der Waals surface area contributed by atoms with Gasteiger partial charge in [-0.3, -0.25) is 0 Å². The molecular formula is C20H18O3. The van der Waals surface area contributed by atoms with Crippen LogP contribution in [0.2, 0.25) is 0 Å². The first-order valence-corrected chi connectivity index (χ1v) is 7.96. The minimum atomic E-state index is 0.853. The van der Waals surface area contributed by atoms with Crippen molar-refractivity contribution < 1.29 is 14.2 Å². The van der Waals surface area contributed by atoms with E-state index in [4.69, 9.17) is 14.2 Å². The summed E-state index contributed by atoms with van der Waals surface area (Å²) in [5.41, 5.74) is 0. The highest BCUT2D eigenvalue weighted by molar-refractivity contribution is 5.30. The van der Waals surface area contributed by atoms with Crippen LogP contribution in [-0.4, -0.2) is 0 Å². The molecule has 116 valence electrons. The summed E-state index contributed by atoms with van der Waals surface area (Å²) in [4.78, 5) is 0. The molecular weight excluding hydrogens is 288 g/mol. The zero-order valence-corrected chi connectivity index (χ0v) is 12.8. The number of hydrogen-bond acceptors (Lipinski definition) is 3. The predicted octanol–water partition coefficient (Wildman–Crippen LogP) is 5.17. The first-order valence-electron chi connectivity index (χ1n) is 7.96. The molecule has 2 aromatic carbocycles. The minimum absolute atomic E-state index is 0.853. The van der Waals surface area contributed by atoms with Crippen LogP contribution in [0.3, 0.4) is 0 Å². The molecule has 0 bridgehead atoms. The molecule has 0 amide bonds. The second-order valence-electron chi connectivity index (χ2n) is 5.62. The Bertz CT molecular complexity index is 679. The SMILES string of the molecule is c1ccc(OC2=C(OC3=C(Oc4ccccc4)CC3)CC2)cc1. The molecule has 23 heavy (non-hydrogen) atoms. The molecule has 2 aliphatic rings. The Morgan fingerprint density at radius 2 is 0.783 bits per heavy atom. The second-order valence-corrected chi connectivity index (χ2v) is 5.62. The van der Waals surface area contributed by atoms with Crippen molar-refractivity contribution in [1.29, 1.82) is 0 Å². The van der Waals surface area contributed by atoms with E-state index in [1.807, 2.05) is 60.7 Å². The molecule has 3 heteroatoms. The number of ether oxygens (including phenoxy) is 3. The fourth-order valence-electron chi connectivity index (χ4n) is 2.50. The number of hydrogen-bond donors (Lipinski definition) is 0. The second kappa shape index (κ2) is 6.21. The van der Waals surface area contributed by atoms with Gasteiger partial charge in [-0.2, -0.15) is 0 Å². The minimum Gasteiger partial charge on any atom is -0.459 e. The topological polar surface area (TPSA) is 27.7 Å². The zero-order valence-electron chi connectivity index (χ0n) is 12.8. The molecule has 0 unspecified atom stereocenters. The normalized spacial score (nSPS) is 16.5. The molecule has 0 saturated heterocycles. The molecule has 2 aromatic rings. The van der Waals surface area contributed by atoms with Crippen molar-refractivity contribution in [3.05, 3.63) is 83.7 Å². The van der Waals surface area contributed by atoms with Gasteiger partial charge in [-0.15, -0.1) is 0 Å². The van der Waals surface area contributed by atoms with Crippen LogP contribution >= 0.6 is 0 Å².